The Morgan fingerprint density at radius 1 is 1.06 bits per heavy atom. The van der Waals surface area contributed by atoms with Crippen LogP contribution in [0.1, 0.15) is 15.9 Å². The number of aromatic nitrogens is 5. The Hall–Kier alpha value is -5.17. The van der Waals surface area contributed by atoms with Crippen molar-refractivity contribution in [1.29, 1.82) is 5.26 Å². The number of fused-ring (bicyclic) bond motifs is 1. The summed E-state index contributed by atoms with van der Waals surface area (Å²) in [5, 5.41) is 14.9. The summed E-state index contributed by atoms with van der Waals surface area (Å²) >= 11 is 0. The lowest BCUT2D eigenvalue weighted by atomic mass is 10.1. The lowest BCUT2D eigenvalue weighted by molar-refractivity contribution is 0.102. The molecule has 3 aromatic heterocycles. The molecule has 0 atom stereocenters. The molecule has 0 radical (unpaired) electrons. The van der Waals surface area contributed by atoms with E-state index in [9.17, 15) is 9.18 Å². The molecule has 0 fully saturated rings. The summed E-state index contributed by atoms with van der Waals surface area (Å²) in [6, 6.07) is 15.7. The van der Waals surface area contributed by atoms with Crippen LogP contribution in [-0.2, 0) is 0 Å². The SMILES string of the molecule is N#Cc1cccc(C(=O)Nc2cccc(-c3cn4ccnc4c(Nc4ncc(F)cn4)n3)c2)c1. The molecule has 164 valence electrons. The largest absolute Gasteiger partial charge is 0.322 e. The van der Waals surface area contributed by atoms with Crippen molar-refractivity contribution < 1.29 is 9.18 Å². The number of imidazole rings is 1. The van der Waals surface area contributed by atoms with E-state index in [0.717, 1.165) is 18.0 Å². The molecule has 0 aliphatic rings. The van der Waals surface area contributed by atoms with Crippen molar-refractivity contribution in [2.24, 2.45) is 0 Å². The highest BCUT2D eigenvalue weighted by atomic mass is 19.1. The van der Waals surface area contributed by atoms with Crippen LogP contribution in [0.25, 0.3) is 16.9 Å². The first kappa shape index (κ1) is 20.7. The second kappa shape index (κ2) is 8.76. The Balaban J connectivity index is 1.46. The predicted octanol–water partition coefficient (Wildman–Crippen LogP) is 4.19. The number of benzene rings is 2. The maximum Gasteiger partial charge on any atom is 0.255 e. The van der Waals surface area contributed by atoms with Crippen LogP contribution in [-0.4, -0.2) is 30.2 Å². The highest BCUT2D eigenvalue weighted by Crippen LogP contribution is 2.25. The standard InChI is InChI=1S/C24H15FN8O/c25-18-12-28-24(29-13-18)32-21-22-27-7-8-33(22)14-20(31-21)16-4-2-6-19(10-16)30-23(34)17-5-1-3-15(9-17)11-26/h1-10,12-14H,(H,30,34)(H,28,29,31,32). The Morgan fingerprint density at radius 2 is 1.88 bits per heavy atom. The minimum atomic E-state index is -0.545. The fraction of sp³-hybridized carbons (Fsp3) is 0. The molecular formula is C24H15FN8O. The lowest BCUT2D eigenvalue weighted by Crippen LogP contribution is -2.12. The summed E-state index contributed by atoms with van der Waals surface area (Å²) < 4.78 is 14.9. The first-order chi connectivity index (χ1) is 16.6. The number of rotatable bonds is 5. The van der Waals surface area contributed by atoms with E-state index < -0.39 is 5.82 Å². The van der Waals surface area contributed by atoms with Crippen LogP contribution in [0, 0.1) is 17.1 Å². The maximum absolute atomic E-state index is 13.2. The molecule has 34 heavy (non-hydrogen) atoms. The van der Waals surface area contributed by atoms with E-state index in [1.165, 1.54) is 6.07 Å². The van der Waals surface area contributed by atoms with Gasteiger partial charge >= 0.3 is 0 Å². The number of halogens is 1. The predicted molar refractivity (Wildman–Crippen MR) is 123 cm³/mol. The summed E-state index contributed by atoms with van der Waals surface area (Å²) in [6.07, 6.45) is 7.31. The normalized spacial score (nSPS) is 10.6. The van der Waals surface area contributed by atoms with Gasteiger partial charge in [-0.1, -0.05) is 18.2 Å². The van der Waals surface area contributed by atoms with Gasteiger partial charge in [0.1, 0.15) is 0 Å². The first-order valence-electron chi connectivity index (χ1n) is 10.1. The van der Waals surface area contributed by atoms with Crippen molar-refractivity contribution in [3.8, 4) is 17.3 Å². The molecule has 0 unspecified atom stereocenters. The maximum atomic E-state index is 13.2. The molecular weight excluding hydrogens is 435 g/mol. The number of nitrogens with one attached hydrogen (secondary N) is 2. The molecule has 2 N–H and O–H groups in total. The highest BCUT2D eigenvalue weighted by Gasteiger charge is 2.12. The Bertz CT molecular complexity index is 1560. The molecule has 0 aliphatic heterocycles. The Morgan fingerprint density at radius 3 is 2.71 bits per heavy atom. The summed E-state index contributed by atoms with van der Waals surface area (Å²) in [5.74, 6) is -0.312. The Labute approximate surface area is 192 Å². The molecule has 0 saturated carbocycles. The van der Waals surface area contributed by atoms with Crippen molar-refractivity contribution in [2.45, 2.75) is 0 Å². The molecule has 3 heterocycles. The van der Waals surface area contributed by atoms with Gasteiger partial charge in [-0.3, -0.25) is 4.79 Å². The third-order valence-corrected chi connectivity index (χ3v) is 4.89. The van der Waals surface area contributed by atoms with Gasteiger partial charge in [0.15, 0.2) is 17.3 Å². The molecule has 5 aromatic rings. The van der Waals surface area contributed by atoms with E-state index in [-0.39, 0.29) is 11.9 Å². The quantitative estimate of drug-likeness (QED) is 0.412. The number of carbonyl (C=O) groups is 1. The minimum Gasteiger partial charge on any atom is -0.322 e. The van der Waals surface area contributed by atoms with Crippen LogP contribution in [0.4, 0.5) is 21.8 Å². The second-order valence-corrected chi connectivity index (χ2v) is 7.21. The van der Waals surface area contributed by atoms with Gasteiger partial charge < -0.3 is 15.0 Å². The van der Waals surface area contributed by atoms with Crippen molar-refractivity contribution in [2.75, 3.05) is 10.6 Å². The van der Waals surface area contributed by atoms with Crippen LogP contribution >= 0.6 is 0 Å². The van der Waals surface area contributed by atoms with Crippen LogP contribution in [0.3, 0.4) is 0 Å². The molecule has 9 nitrogen and oxygen atoms in total. The van der Waals surface area contributed by atoms with Crippen molar-refractivity contribution in [3.63, 3.8) is 0 Å². The average molecular weight is 450 g/mol. The van der Waals surface area contributed by atoms with Gasteiger partial charge in [0.05, 0.1) is 29.7 Å². The van der Waals surface area contributed by atoms with E-state index in [0.29, 0.717) is 34.0 Å². The second-order valence-electron chi connectivity index (χ2n) is 7.21. The van der Waals surface area contributed by atoms with Gasteiger partial charge in [-0.2, -0.15) is 5.26 Å². The number of carbonyl (C=O) groups excluding carboxylic acids is 1. The zero-order valence-corrected chi connectivity index (χ0v) is 17.5. The van der Waals surface area contributed by atoms with Crippen molar-refractivity contribution in [3.05, 3.63) is 96.5 Å². The number of nitrogens with zero attached hydrogens (tertiary/aromatic N) is 6. The van der Waals surface area contributed by atoms with Gasteiger partial charge in [0.25, 0.3) is 5.91 Å². The van der Waals surface area contributed by atoms with Gasteiger partial charge in [-0.05, 0) is 30.3 Å². The molecule has 2 aromatic carbocycles. The number of nitriles is 1. The fourth-order valence-electron chi connectivity index (χ4n) is 3.33. The van der Waals surface area contributed by atoms with Crippen molar-refractivity contribution >= 4 is 29.0 Å². The van der Waals surface area contributed by atoms with E-state index >= 15 is 0 Å². The van der Waals surface area contributed by atoms with Crippen LogP contribution in [0.2, 0.25) is 0 Å². The average Bonchev–Trinajstić information content (AvgIpc) is 3.35. The highest BCUT2D eigenvalue weighted by molar-refractivity contribution is 6.04. The third-order valence-electron chi connectivity index (χ3n) is 4.89. The number of amides is 1. The number of hydrogen-bond donors (Lipinski definition) is 2. The number of hydrogen-bond acceptors (Lipinski definition) is 7. The molecule has 0 aliphatic carbocycles. The van der Waals surface area contributed by atoms with Gasteiger partial charge in [-0.25, -0.2) is 24.3 Å². The van der Waals surface area contributed by atoms with Gasteiger partial charge in [0.2, 0.25) is 5.95 Å². The first-order valence-corrected chi connectivity index (χ1v) is 10.1. The topological polar surface area (TPSA) is 121 Å². The summed E-state index contributed by atoms with van der Waals surface area (Å²) in [5.41, 5.74) is 3.23. The molecule has 1 amide bonds. The fourth-order valence-corrected chi connectivity index (χ4v) is 3.33. The van der Waals surface area contributed by atoms with Crippen LogP contribution in [0.5, 0.6) is 0 Å². The Kier molecular flexibility index (Phi) is 5.34. The smallest absolute Gasteiger partial charge is 0.255 e. The molecule has 10 heteroatoms. The monoisotopic (exact) mass is 450 g/mol. The molecule has 5 rings (SSSR count). The number of anilines is 3. The zero-order valence-electron chi connectivity index (χ0n) is 17.5. The summed E-state index contributed by atoms with van der Waals surface area (Å²) in [6.45, 7) is 0. The van der Waals surface area contributed by atoms with Crippen LogP contribution in [0.15, 0.2) is 79.5 Å². The third kappa shape index (κ3) is 4.26. The molecule has 0 saturated heterocycles. The summed E-state index contributed by atoms with van der Waals surface area (Å²) in [7, 11) is 0. The van der Waals surface area contributed by atoms with Gasteiger partial charge in [0, 0.05) is 35.4 Å². The lowest BCUT2D eigenvalue weighted by Gasteiger charge is -2.11. The van der Waals surface area contributed by atoms with Gasteiger partial charge in [-0.15, -0.1) is 0 Å². The minimum absolute atomic E-state index is 0.177. The van der Waals surface area contributed by atoms with E-state index in [1.807, 2.05) is 12.1 Å². The zero-order chi connectivity index (χ0) is 23.5. The molecule has 0 bridgehead atoms. The van der Waals surface area contributed by atoms with Crippen molar-refractivity contribution in [1.82, 2.24) is 24.3 Å². The van der Waals surface area contributed by atoms with Crippen LogP contribution < -0.4 is 10.6 Å². The molecule has 0 spiro atoms. The van der Waals surface area contributed by atoms with E-state index in [4.69, 9.17) is 5.26 Å². The van der Waals surface area contributed by atoms with E-state index in [1.54, 1.807) is 59.4 Å². The summed E-state index contributed by atoms with van der Waals surface area (Å²) in [4.78, 5) is 29.4. The van der Waals surface area contributed by atoms with E-state index in [2.05, 4.69) is 30.6 Å².